The van der Waals surface area contributed by atoms with E-state index in [0.29, 0.717) is 22.7 Å². The summed E-state index contributed by atoms with van der Waals surface area (Å²) >= 11 is 0. The van der Waals surface area contributed by atoms with Gasteiger partial charge in [0.2, 0.25) is 5.91 Å². The number of carbonyl (C=O) groups excluding carboxylic acids is 1. The Morgan fingerprint density at radius 3 is 2.18 bits per heavy atom. The summed E-state index contributed by atoms with van der Waals surface area (Å²) < 4.78 is 1.41. The minimum absolute atomic E-state index is 0.0730. The molecule has 1 atom stereocenters. The van der Waals surface area contributed by atoms with Gasteiger partial charge in [-0.3, -0.25) is 9.59 Å². The zero-order chi connectivity index (χ0) is 23.5. The fourth-order valence-electron chi connectivity index (χ4n) is 4.03. The van der Waals surface area contributed by atoms with Gasteiger partial charge in [-0.15, -0.1) is 0 Å². The number of nitrogens with zero attached hydrogens (tertiary/aromatic N) is 2. The van der Waals surface area contributed by atoms with E-state index in [0.717, 1.165) is 23.1 Å². The van der Waals surface area contributed by atoms with E-state index in [-0.39, 0.29) is 17.4 Å². The number of aryl methyl sites for hydroxylation is 1. The lowest BCUT2D eigenvalue weighted by Gasteiger charge is -2.14. The molecule has 5 nitrogen and oxygen atoms in total. The third-order valence-electron chi connectivity index (χ3n) is 5.89. The lowest BCUT2D eigenvalue weighted by Crippen LogP contribution is -2.22. The van der Waals surface area contributed by atoms with Crippen molar-refractivity contribution in [2.45, 2.75) is 40.0 Å². The summed E-state index contributed by atoms with van der Waals surface area (Å²) in [5.74, 6) is 0.255. The molecule has 0 saturated carbocycles. The quantitative estimate of drug-likeness (QED) is 0.423. The fraction of sp³-hybridized carbons (Fsp3) is 0.250. The molecule has 168 valence electrons. The topological polar surface area (TPSA) is 64.0 Å². The van der Waals surface area contributed by atoms with Gasteiger partial charge in [0.1, 0.15) is 0 Å². The highest BCUT2D eigenvalue weighted by molar-refractivity contribution is 5.95. The first kappa shape index (κ1) is 22.5. The Labute approximate surface area is 194 Å². The summed E-state index contributed by atoms with van der Waals surface area (Å²) in [6, 6.07) is 22.9. The minimum atomic E-state index is -0.273. The van der Waals surface area contributed by atoms with E-state index >= 15 is 0 Å². The lowest BCUT2D eigenvalue weighted by molar-refractivity contribution is -0.117. The molecule has 0 radical (unpaired) electrons. The number of hydrogen-bond acceptors (Lipinski definition) is 3. The van der Waals surface area contributed by atoms with E-state index in [1.54, 1.807) is 24.3 Å². The third-order valence-corrected chi connectivity index (χ3v) is 5.89. The molecule has 0 aliphatic carbocycles. The molecule has 1 heterocycles. The largest absolute Gasteiger partial charge is 0.326 e. The summed E-state index contributed by atoms with van der Waals surface area (Å²) in [5.41, 5.74) is 4.22. The number of hydrogen-bond donors (Lipinski definition) is 1. The Kier molecular flexibility index (Phi) is 6.40. The van der Waals surface area contributed by atoms with Crippen molar-refractivity contribution < 1.29 is 4.79 Å². The summed E-state index contributed by atoms with van der Waals surface area (Å²) in [6.45, 7) is 8.19. The molecule has 5 heteroatoms. The van der Waals surface area contributed by atoms with Crippen molar-refractivity contribution in [2.24, 2.45) is 5.92 Å². The van der Waals surface area contributed by atoms with E-state index in [2.05, 4.69) is 36.4 Å². The van der Waals surface area contributed by atoms with Gasteiger partial charge in [-0.25, -0.2) is 0 Å². The maximum Gasteiger partial charge on any atom is 0.279 e. The molecule has 0 spiro atoms. The van der Waals surface area contributed by atoms with Crippen molar-refractivity contribution in [3.05, 3.63) is 100.0 Å². The van der Waals surface area contributed by atoms with E-state index in [4.69, 9.17) is 0 Å². The fourth-order valence-corrected chi connectivity index (χ4v) is 4.03. The van der Waals surface area contributed by atoms with Crippen LogP contribution in [0.1, 0.15) is 43.5 Å². The summed E-state index contributed by atoms with van der Waals surface area (Å²) in [5, 5.41) is 8.94. The molecule has 0 unspecified atom stereocenters. The maximum absolute atomic E-state index is 12.9. The van der Waals surface area contributed by atoms with Gasteiger partial charge < -0.3 is 5.32 Å². The Balaban J connectivity index is 1.50. The first-order valence-corrected chi connectivity index (χ1v) is 11.3. The zero-order valence-corrected chi connectivity index (χ0v) is 19.5. The van der Waals surface area contributed by atoms with Crippen LogP contribution >= 0.6 is 0 Å². The molecule has 4 aromatic rings. The molecule has 0 bridgehead atoms. The Bertz CT molecular complexity index is 1340. The van der Waals surface area contributed by atoms with E-state index < -0.39 is 0 Å². The highest BCUT2D eigenvalue weighted by atomic mass is 16.2. The van der Waals surface area contributed by atoms with Gasteiger partial charge >= 0.3 is 0 Å². The molecule has 1 amide bonds. The summed E-state index contributed by atoms with van der Waals surface area (Å²) in [7, 11) is 0. The Morgan fingerprint density at radius 2 is 1.55 bits per heavy atom. The third kappa shape index (κ3) is 4.87. The van der Waals surface area contributed by atoms with Crippen molar-refractivity contribution >= 4 is 22.4 Å². The molecule has 3 aromatic carbocycles. The van der Waals surface area contributed by atoms with Crippen molar-refractivity contribution in [2.75, 3.05) is 5.32 Å². The van der Waals surface area contributed by atoms with Gasteiger partial charge in [0, 0.05) is 11.1 Å². The first-order valence-electron chi connectivity index (χ1n) is 11.3. The average Bonchev–Trinajstić information content (AvgIpc) is 2.81. The van der Waals surface area contributed by atoms with Crippen LogP contribution in [0.5, 0.6) is 0 Å². The summed E-state index contributed by atoms with van der Waals surface area (Å²) in [4.78, 5) is 25.7. The number of fused-ring (bicyclic) bond motifs is 1. The number of anilines is 1. The van der Waals surface area contributed by atoms with Crippen LogP contribution in [0.3, 0.4) is 0 Å². The molecule has 1 aromatic heterocycles. The Morgan fingerprint density at radius 1 is 0.909 bits per heavy atom. The number of carbonyl (C=O) groups is 1. The van der Waals surface area contributed by atoms with Crippen LogP contribution in [0.15, 0.2) is 77.6 Å². The van der Waals surface area contributed by atoms with Crippen molar-refractivity contribution in [3.63, 3.8) is 0 Å². The van der Waals surface area contributed by atoms with Gasteiger partial charge in [0.25, 0.3) is 5.56 Å². The zero-order valence-electron chi connectivity index (χ0n) is 19.5. The van der Waals surface area contributed by atoms with E-state index in [9.17, 15) is 9.59 Å². The van der Waals surface area contributed by atoms with Gasteiger partial charge in [-0.2, -0.15) is 9.78 Å². The molecule has 0 saturated heterocycles. The monoisotopic (exact) mass is 439 g/mol. The average molecular weight is 440 g/mol. The number of nitrogens with one attached hydrogen (secondary N) is 1. The normalized spacial score (nSPS) is 12.2. The predicted molar refractivity (Wildman–Crippen MR) is 134 cm³/mol. The number of rotatable bonds is 6. The molecule has 4 rings (SSSR count). The van der Waals surface area contributed by atoms with Crippen molar-refractivity contribution in [1.29, 1.82) is 0 Å². The van der Waals surface area contributed by atoms with Gasteiger partial charge in [-0.05, 0) is 67.6 Å². The van der Waals surface area contributed by atoms with Crippen LogP contribution in [0, 0.1) is 12.8 Å². The standard InChI is InChI=1S/C28H29N3O2/c1-18(2)17-21-9-11-22(12-10-21)19(3)27(32)29-23-13-15-24(16-14-23)31-28(33)26-8-6-5-7-25(26)20(4)30-31/h5-16,18-19H,17H2,1-4H3,(H,29,32)/t19-/m0/s1. The Hall–Kier alpha value is -3.73. The van der Waals surface area contributed by atoms with Crippen LogP contribution in [0.4, 0.5) is 5.69 Å². The van der Waals surface area contributed by atoms with Crippen LogP contribution in [-0.4, -0.2) is 15.7 Å². The molecule has 0 fully saturated rings. The van der Waals surface area contributed by atoms with Crippen LogP contribution in [-0.2, 0) is 11.2 Å². The van der Waals surface area contributed by atoms with Gasteiger partial charge in [0.15, 0.2) is 0 Å². The molecular weight excluding hydrogens is 410 g/mol. The molecule has 0 aliphatic heterocycles. The number of benzene rings is 3. The molecule has 33 heavy (non-hydrogen) atoms. The van der Waals surface area contributed by atoms with E-state index in [1.165, 1.54) is 10.2 Å². The second kappa shape index (κ2) is 9.41. The van der Waals surface area contributed by atoms with Crippen LogP contribution < -0.4 is 10.9 Å². The molecule has 0 aliphatic rings. The second-order valence-corrected chi connectivity index (χ2v) is 8.95. The number of aromatic nitrogens is 2. The van der Waals surface area contributed by atoms with Crippen molar-refractivity contribution in [3.8, 4) is 5.69 Å². The first-order chi connectivity index (χ1) is 15.8. The van der Waals surface area contributed by atoms with Crippen molar-refractivity contribution in [1.82, 2.24) is 9.78 Å². The highest BCUT2D eigenvalue weighted by Crippen LogP contribution is 2.21. The summed E-state index contributed by atoms with van der Waals surface area (Å²) in [6.07, 6.45) is 1.03. The van der Waals surface area contributed by atoms with Crippen LogP contribution in [0.25, 0.3) is 16.5 Å². The van der Waals surface area contributed by atoms with Gasteiger partial charge in [0.05, 0.1) is 22.7 Å². The molecular formula is C28H29N3O2. The van der Waals surface area contributed by atoms with Crippen LogP contribution in [0.2, 0.25) is 0 Å². The molecule has 1 N–H and O–H groups in total. The lowest BCUT2D eigenvalue weighted by atomic mass is 9.96. The minimum Gasteiger partial charge on any atom is -0.326 e. The van der Waals surface area contributed by atoms with E-state index in [1.807, 2.05) is 50.2 Å². The predicted octanol–water partition coefficient (Wildman–Crippen LogP) is 5.63. The highest BCUT2D eigenvalue weighted by Gasteiger charge is 2.16. The second-order valence-electron chi connectivity index (χ2n) is 8.95. The smallest absolute Gasteiger partial charge is 0.279 e. The number of amides is 1. The maximum atomic E-state index is 12.9. The van der Waals surface area contributed by atoms with Gasteiger partial charge in [-0.1, -0.05) is 56.3 Å². The SMILES string of the molecule is Cc1nn(-c2ccc(NC(=O)[C@@H](C)c3ccc(CC(C)C)cc3)cc2)c(=O)c2ccccc12.